The van der Waals surface area contributed by atoms with Crippen LogP contribution in [0, 0.1) is 6.92 Å². The van der Waals surface area contributed by atoms with Gasteiger partial charge in [0.15, 0.2) is 0 Å². The Morgan fingerprint density at radius 3 is 2.75 bits per heavy atom. The van der Waals surface area contributed by atoms with E-state index in [1.165, 1.54) is 55.2 Å². The Kier molecular flexibility index (Phi) is 2.71. The largest absolute Gasteiger partial charge is 0.345 e. The van der Waals surface area contributed by atoms with Crippen molar-refractivity contribution in [2.45, 2.75) is 51.0 Å². The molecule has 0 unspecified atom stereocenters. The third-order valence-corrected chi connectivity index (χ3v) is 5.54. The van der Waals surface area contributed by atoms with Crippen LogP contribution >= 0.6 is 0 Å². The molecule has 2 nitrogen and oxygen atoms in total. The first-order valence-corrected chi connectivity index (χ1v) is 8.01. The van der Waals surface area contributed by atoms with Crippen molar-refractivity contribution in [2.24, 2.45) is 0 Å². The third-order valence-electron chi connectivity index (χ3n) is 5.54. The molecule has 0 radical (unpaired) electrons. The maximum absolute atomic E-state index is 3.42. The molecule has 1 aliphatic carbocycles. The smallest absolute Gasteiger partial charge is 0.0515 e. The minimum absolute atomic E-state index is 0.410. The number of nitrogens with zero attached hydrogens (tertiary/aromatic N) is 1. The molecular weight excluding hydrogens is 244 g/mol. The Labute approximate surface area is 121 Å². The van der Waals surface area contributed by atoms with Gasteiger partial charge in [-0.15, -0.1) is 0 Å². The second-order valence-electron chi connectivity index (χ2n) is 6.78. The number of benzene rings is 1. The van der Waals surface area contributed by atoms with Gasteiger partial charge in [0.2, 0.25) is 0 Å². The van der Waals surface area contributed by atoms with Crippen LogP contribution in [-0.2, 0) is 18.4 Å². The molecule has 1 N–H and O–H groups in total. The van der Waals surface area contributed by atoms with E-state index in [0.29, 0.717) is 5.41 Å². The summed E-state index contributed by atoms with van der Waals surface area (Å²) in [5.74, 6) is 0. The molecule has 4 rings (SSSR count). The van der Waals surface area contributed by atoms with Crippen LogP contribution in [0.3, 0.4) is 0 Å². The zero-order valence-corrected chi connectivity index (χ0v) is 12.6. The molecule has 0 bridgehead atoms. The lowest BCUT2D eigenvalue weighted by atomic mass is 9.64. The molecule has 1 aromatic heterocycles. The standard InChI is InChI=1S/C18H24N2/c1-13-9-15-11-16(18(12-19-2)6-4-7-18)10-14-5-3-8-20(13)17(14)15/h9-11,19H,3-8,12H2,1-2H3. The van der Waals surface area contributed by atoms with Crippen LogP contribution in [0.2, 0.25) is 0 Å². The minimum Gasteiger partial charge on any atom is -0.345 e. The van der Waals surface area contributed by atoms with Gasteiger partial charge in [0.25, 0.3) is 0 Å². The number of aromatic nitrogens is 1. The van der Waals surface area contributed by atoms with Crippen molar-refractivity contribution < 1.29 is 0 Å². The van der Waals surface area contributed by atoms with E-state index in [2.05, 4.69) is 42.1 Å². The highest BCUT2D eigenvalue weighted by Gasteiger charge is 2.38. The molecule has 2 heteroatoms. The Morgan fingerprint density at radius 2 is 2.05 bits per heavy atom. The Bertz CT molecular complexity index is 662. The van der Waals surface area contributed by atoms with Gasteiger partial charge in [0, 0.05) is 29.6 Å². The van der Waals surface area contributed by atoms with E-state index in [-0.39, 0.29) is 0 Å². The number of aryl methyl sites for hydroxylation is 3. The molecule has 1 fully saturated rings. The summed E-state index contributed by atoms with van der Waals surface area (Å²) in [5, 5.41) is 4.89. The zero-order chi connectivity index (χ0) is 13.7. The summed E-state index contributed by atoms with van der Waals surface area (Å²) in [5.41, 5.74) is 6.51. The normalized spacial score (nSPS) is 20.1. The molecule has 0 amide bonds. The van der Waals surface area contributed by atoms with E-state index in [9.17, 15) is 0 Å². The summed E-state index contributed by atoms with van der Waals surface area (Å²) in [4.78, 5) is 0. The lowest BCUT2D eigenvalue weighted by Gasteiger charge is -2.43. The highest BCUT2D eigenvalue weighted by molar-refractivity contribution is 5.86. The van der Waals surface area contributed by atoms with E-state index >= 15 is 0 Å². The van der Waals surface area contributed by atoms with Crippen molar-refractivity contribution in [1.29, 1.82) is 0 Å². The molecule has 0 atom stereocenters. The van der Waals surface area contributed by atoms with Crippen LogP contribution in [0.25, 0.3) is 10.9 Å². The Morgan fingerprint density at radius 1 is 1.20 bits per heavy atom. The zero-order valence-electron chi connectivity index (χ0n) is 12.6. The molecule has 1 saturated carbocycles. The topological polar surface area (TPSA) is 17.0 Å². The molecule has 106 valence electrons. The third kappa shape index (κ3) is 1.61. The summed E-state index contributed by atoms with van der Waals surface area (Å²) >= 11 is 0. The minimum atomic E-state index is 0.410. The molecule has 0 saturated heterocycles. The number of nitrogens with one attached hydrogen (secondary N) is 1. The van der Waals surface area contributed by atoms with Crippen LogP contribution in [-0.4, -0.2) is 18.2 Å². The van der Waals surface area contributed by atoms with Gasteiger partial charge in [-0.1, -0.05) is 12.5 Å². The van der Waals surface area contributed by atoms with Crippen molar-refractivity contribution in [3.05, 3.63) is 35.0 Å². The van der Waals surface area contributed by atoms with Crippen LogP contribution in [0.15, 0.2) is 18.2 Å². The lowest BCUT2D eigenvalue weighted by Crippen LogP contribution is -2.42. The van der Waals surface area contributed by atoms with Gasteiger partial charge in [0.05, 0.1) is 5.52 Å². The summed E-state index contributed by atoms with van der Waals surface area (Å²) in [6, 6.07) is 7.39. The fourth-order valence-electron chi connectivity index (χ4n) is 4.36. The maximum Gasteiger partial charge on any atom is 0.0515 e. The average molecular weight is 268 g/mol. The van der Waals surface area contributed by atoms with Crippen LogP contribution in [0.5, 0.6) is 0 Å². The van der Waals surface area contributed by atoms with Gasteiger partial charge in [0.1, 0.15) is 0 Å². The second-order valence-corrected chi connectivity index (χ2v) is 6.78. The number of rotatable bonds is 3. The first-order chi connectivity index (χ1) is 9.73. The molecule has 2 heterocycles. The van der Waals surface area contributed by atoms with E-state index < -0.39 is 0 Å². The van der Waals surface area contributed by atoms with Crippen LogP contribution in [0.4, 0.5) is 0 Å². The van der Waals surface area contributed by atoms with Crippen LogP contribution < -0.4 is 5.32 Å². The summed E-state index contributed by atoms with van der Waals surface area (Å²) in [7, 11) is 2.09. The number of hydrogen-bond acceptors (Lipinski definition) is 1. The Hall–Kier alpha value is -1.28. The van der Waals surface area contributed by atoms with Crippen molar-refractivity contribution in [3.63, 3.8) is 0 Å². The van der Waals surface area contributed by atoms with Crippen molar-refractivity contribution in [2.75, 3.05) is 13.6 Å². The molecule has 2 aromatic rings. The first kappa shape index (κ1) is 12.5. The fourth-order valence-corrected chi connectivity index (χ4v) is 4.36. The average Bonchev–Trinajstić information content (AvgIpc) is 2.72. The predicted molar refractivity (Wildman–Crippen MR) is 84.5 cm³/mol. The van der Waals surface area contributed by atoms with Crippen molar-refractivity contribution >= 4 is 10.9 Å². The second kappa shape index (κ2) is 4.36. The van der Waals surface area contributed by atoms with E-state index in [4.69, 9.17) is 0 Å². The maximum atomic E-state index is 3.42. The van der Waals surface area contributed by atoms with Gasteiger partial charge in [-0.05, 0) is 62.9 Å². The van der Waals surface area contributed by atoms with Crippen molar-refractivity contribution in [3.8, 4) is 0 Å². The van der Waals surface area contributed by atoms with Gasteiger partial charge >= 0.3 is 0 Å². The lowest BCUT2D eigenvalue weighted by molar-refractivity contribution is 0.239. The number of hydrogen-bond donors (Lipinski definition) is 1. The molecule has 1 aliphatic heterocycles. The van der Waals surface area contributed by atoms with Gasteiger partial charge in [-0.3, -0.25) is 0 Å². The number of likely N-dealkylation sites (N-methyl/N-ethyl adjacent to an activating group) is 1. The SMILES string of the molecule is CNCC1(c2cc3c4c(c2)cc(C)n4CCC3)CCC1. The molecule has 1 aromatic carbocycles. The van der Waals surface area contributed by atoms with E-state index in [0.717, 1.165) is 6.54 Å². The van der Waals surface area contributed by atoms with Crippen LogP contribution in [0.1, 0.15) is 42.5 Å². The summed E-state index contributed by atoms with van der Waals surface area (Å²) in [6.45, 7) is 4.57. The molecule has 2 aliphatic rings. The predicted octanol–water partition coefficient (Wildman–Crippen LogP) is 3.54. The molecular formula is C18H24N2. The molecule has 20 heavy (non-hydrogen) atoms. The van der Waals surface area contributed by atoms with Gasteiger partial charge in [-0.2, -0.15) is 0 Å². The first-order valence-electron chi connectivity index (χ1n) is 8.01. The highest BCUT2D eigenvalue weighted by atomic mass is 15.0. The monoisotopic (exact) mass is 268 g/mol. The van der Waals surface area contributed by atoms with Crippen molar-refractivity contribution in [1.82, 2.24) is 9.88 Å². The quantitative estimate of drug-likeness (QED) is 0.901. The van der Waals surface area contributed by atoms with Gasteiger partial charge < -0.3 is 9.88 Å². The Balaban J connectivity index is 1.90. The van der Waals surface area contributed by atoms with E-state index in [1.54, 1.807) is 11.1 Å². The molecule has 0 spiro atoms. The summed E-state index contributed by atoms with van der Waals surface area (Å²) < 4.78 is 2.52. The van der Waals surface area contributed by atoms with E-state index in [1.807, 2.05) is 0 Å². The highest BCUT2D eigenvalue weighted by Crippen LogP contribution is 2.45. The van der Waals surface area contributed by atoms with Gasteiger partial charge in [-0.25, -0.2) is 0 Å². The fraction of sp³-hybridized carbons (Fsp3) is 0.556. The summed E-state index contributed by atoms with van der Waals surface area (Å²) in [6.07, 6.45) is 6.62.